The number of rotatable bonds is 18. The van der Waals surface area contributed by atoms with Crippen molar-refractivity contribution in [1.82, 2.24) is 40.4 Å². The summed E-state index contributed by atoms with van der Waals surface area (Å²) in [5, 5.41) is 27.8. The Hall–Kier alpha value is -12.9. The highest BCUT2D eigenvalue weighted by molar-refractivity contribution is 6.20. The molecule has 4 spiro atoms. The predicted octanol–water partition coefficient (Wildman–Crippen LogP) is 16.7. The number of aliphatic carboxylic acids is 1. The minimum absolute atomic E-state index is 0. The maximum atomic E-state index is 14.3. The molecule has 18 rings (SSSR count). The van der Waals surface area contributed by atoms with Crippen molar-refractivity contribution in [3.05, 3.63) is 167 Å². The first-order valence-corrected chi connectivity index (χ1v) is 48.0. The van der Waals surface area contributed by atoms with Crippen molar-refractivity contribution in [3.8, 4) is 0 Å². The number of halogens is 5. The number of likely N-dealkylation sites (N-methyl/N-ethyl adjacent to an activating group) is 4. The third-order valence-electron chi connectivity index (χ3n) is 28.3. The van der Waals surface area contributed by atoms with Crippen LogP contribution < -0.4 is 57.2 Å². The number of likely N-dealkylation sites (tertiary alicyclic amines) is 1. The number of alkyl halides is 3. The van der Waals surface area contributed by atoms with E-state index < -0.39 is 76.1 Å². The van der Waals surface area contributed by atoms with Gasteiger partial charge in [-0.05, 0) is 276 Å². The van der Waals surface area contributed by atoms with Crippen LogP contribution in [0.5, 0.6) is 0 Å². The average molecular weight is 1930 g/mol. The van der Waals surface area contributed by atoms with Gasteiger partial charge in [0.15, 0.2) is 0 Å². The molecular weight excluding hydrogens is 1800 g/mol. The second-order valence-electron chi connectivity index (χ2n) is 38.5. The molecule has 0 aromatic heterocycles. The van der Waals surface area contributed by atoms with Gasteiger partial charge in [-0.15, -0.1) is 0 Å². The molecule has 6 aliphatic carbocycles. The highest BCUT2D eigenvalue weighted by Gasteiger charge is 2.61. The first-order valence-electron chi connectivity index (χ1n) is 48.0. The van der Waals surface area contributed by atoms with Crippen molar-refractivity contribution >= 4 is 129 Å². The Morgan fingerprint density at radius 2 is 0.719 bits per heavy atom. The number of nitrogen functional groups attached to an aromatic ring is 1. The number of urea groups is 4. The number of carboxylic acid groups (broad SMARTS) is 1. The van der Waals surface area contributed by atoms with E-state index >= 15 is 0 Å². The van der Waals surface area contributed by atoms with Gasteiger partial charge in [-0.2, -0.15) is 13.2 Å². The number of ketones is 1. The monoisotopic (exact) mass is 1930 g/mol. The fraction of sp³-hybridized carbons (Fsp3) is 0.515. The summed E-state index contributed by atoms with van der Waals surface area (Å²) in [5.74, 6) is -4.66. The van der Waals surface area contributed by atoms with E-state index in [9.17, 15) is 84.3 Å². The number of carboxylic acids is 1. The Balaban J connectivity index is 0.000000166. The summed E-state index contributed by atoms with van der Waals surface area (Å²) in [6.07, 6.45) is 19.3. The highest BCUT2D eigenvalue weighted by Crippen LogP contribution is 2.47. The average Bonchev–Trinajstić information content (AvgIpc) is 1.57. The number of nitrogens with one attached hydrogen (secondary N) is 6. The number of benzene rings is 6. The van der Waals surface area contributed by atoms with Crippen LogP contribution in [0.2, 0.25) is 0 Å². The number of hydrogen-bond donors (Lipinski definition) is 8. The molecule has 36 heteroatoms. The third kappa shape index (κ3) is 23.8. The summed E-state index contributed by atoms with van der Waals surface area (Å²) >= 11 is 0. The van der Waals surface area contributed by atoms with Crippen LogP contribution in [0.4, 0.5) is 86.6 Å². The Bertz CT molecular complexity index is 5310. The topological polar surface area (TPSA) is 387 Å². The number of aryl methyl sites for hydroxylation is 2. The zero-order valence-corrected chi connectivity index (χ0v) is 80.2. The van der Waals surface area contributed by atoms with Crippen LogP contribution in [0.1, 0.15) is 234 Å². The zero-order valence-electron chi connectivity index (χ0n) is 80.2. The number of hydrogen-bond acceptors (Lipinski definition) is 19. The van der Waals surface area contributed by atoms with Gasteiger partial charge in [0.05, 0.1) is 11.1 Å². The molecule has 139 heavy (non-hydrogen) atoms. The SMILES string of the molecule is C.CN1C(=O)N(c2ccc(N)cc2)C2(CCCCC2)C1=O.CN1C(=O)N(c2ccc(NC3CCC3)cc2)C2(CCCCC2)C1=O.CN1C(=O)N(c2ccc(NC3CCC3)cc2)C2(CCNCC2)C1=O.Cc1ccc(F)c(C(=O)N[C@@H](C(=O)N2CCC3(CC2)C(=O)N(C)C(=O)N3c2ccc(NC3CCC3)cc2)C(C)C)c1.Cc1ccc(F)c(C(=O)N[C@@H](C(=O)O)C(C)C)c1.O=C1CCC1.O=CC(F)(F)F. The van der Waals surface area contributed by atoms with Crippen molar-refractivity contribution in [2.45, 2.75) is 274 Å². The number of nitrogens with zero attached hydrogens (tertiary/aromatic N) is 9. The molecular formula is C103H133F5N16O15. The number of aldehydes is 1. The minimum atomic E-state index is -4.64. The van der Waals surface area contributed by atoms with E-state index in [1.807, 2.05) is 98.8 Å². The van der Waals surface area contributed by atoms with Crippen LogP contribution in [0.25, 0.3) is 0 Å². The molecule has 0 bridgehead atoms. The summed E-state index contributed by atoms with van der Waals surface area (Å²) in [5.41, 5.74) is 10.6. The first kappa shape index (κ1) is 107. The van der Waals surface area contributed by atoms with E-state index in [-0.39, 0.29) is 110 Å². The lowest BCUT2D eigenvalue weighted by molar-refractivity contribution is -0.156. The van der Waals surface area contributed by atoms with Crippen molar-refractivity contribution in [3.63, 3.8) is 0 Å². The standard InChI is InChI=1S/C31H38FN5O4.C19H25N3O2.C18H24N4O2.C15H19N3O2.C13H16FNO3.C4H6O.C2HF3O.CH4/c1-19(2)26(34-27(38)24-18-20(3)8-13-25(24)32)28(39)36-16-14-31(15-17-36)29(40)35(4)30(41)37(31)23-11-9-22(10-12-23)33-21-6-5-7-21;1-21-17(23)19(12-3-2-4-13-19)22(18(21)24)16-10-8-15(9-11-16)20-14-6-5-7-14;1-21-16(23)18(9-11-19-12-10-18)22(17(21)24)15-7-5-14(6-8-15)20-13-3-2-4-13;1-17-13(19)15(9-3-2-4-10-15)18(14(17)20)12-7-5-11(16)6-8-12;1-7(2)11(13(17)18)15-12(16)9-6-8(3)4-5-10(9)14;5-4-2-1-3-4;3-2(4,5)1-6;/h8-13,18-19,21,26,33H,5-7,14-17H2,1-4H3,(H,34,38);8-11,14,20H,2-7,12-13H2,1H3;5-8,13,19-20H,2-4,9-12H2,1H3;5-8H,2-4,9-10,16H2,1H3;4-7,11H,1-3H3,(H,15,16)(H,17,18);1-3H2;1H;1H4/t26-;;;;11-;;;/m1...1.../s1. The van der Waals surface area contributed by atoms with Crippen LogP contribution in [-0.2, 0) is 38.4 Å². The number of imide groups is 4. The zero-order chi connectivity index (χ0) is 100. The van der Waals surface area contributed by atoms with Gasteiger partial charge < -0.3 is 47.6 Å². The Labute approximate surface area is 808 Å². The summed E-state index contributed by atoms with van der Waals surface area (Å²) in [6, 6.07) is 37.8. The fourth-order valence-corrected chi connectivity index (χ4v) is 19.4. The molecule has 9 N–H and O–H groups in total. The van der Waals surface area contributed by atoms with Crippen LogP contribution in [0.3, 0.4) is 0 Å². The lowest BCUT2D eigenvalue weighted by atomic mass is 9.80. The molecule has 0 radical (unpaired) electrons. The molecule has 31 nitrogen and oxygen atoms in total. The van der Waals surface area contributed by atoms with Crippen LogP contribution in [0, 0.1) is 37.3 Å². The van der Waals surface area contributed by atoms with Gasteiger partial charge in [0.25, 0.3) is 35.4 Å². The Morgan fingerprint density at radius 1 is 0.432 bits per heavy atom. The van der Waals surface area contributed by atoms with Gasteiger partial charge in [0, 0.05) is 118 Å². The maximum absolute atomic E-state index is 14.3. The van der Waals surface area contributed by atoms with Crippen LogP contribution in [-0.4, -0.2) is 226 Å². The largest absolute Gasteiger partial charge is 0.480 e. The van der Waals surface area contributed by atoms with E-state index in [1.165, 1.54) is 91.0 Å². The van der Waals surface area contributed by atoms with Crippen molar-refractivity contribution in [1.29, 1.82) is 0 Å². The summed E-state index contributed by atoms with van der Waals surface area (Å²) in [7, 11) is 6.25. The molecule has 6 aromatic rings. The number of carbonyl (C=O) groups is 14. The third-order valence-corrected chi connectivity index (χ3v) is 28.3. The molecule has 6 aromatic carbocycles. The smallest absolute Gasteiger partial charge is 0.446 e. The van der Waals surface area contributed by atoms with Crippen molar-refractivity contribution in [2.75, 3.05) is 95.7 Å². The second kappa shape index (κ2) is 45.8. The minimum Gasteiger partial charge on any atom is -0.480 e. The molecule has 6 aliphatic heterocycles. The number of amides is 15. The van der Waals surface area contributed by atoms with Crippen molar-refractivity contribution < 1.29 is 94.2 Å². The lowest BCUT2D eigenvalue weighted by Crippen LogP contribution is -2.60. The Kier molecular flexibility index (Phi) is 35.1. The number of piperidine rings is 2. The van der Waals surface area contributed by atoms with E-state index in [1.54, 1.807) is 97.6 Å². The maximum Gasteiger partial charge on any atom is 0.446 e. The molecule has 12 aliphatic rings. The molecule has 6 saturated carbocycles. The van der Waals surface area contributed by atoms with Gasteiger partial charge >= 0.3 is 36.3 Å². The first-order chi connectivity index (χ1) is 65.6. The molecule has 6 heterocycles. The summed E-state index contributed by atoms with van der Waals surface area (Å²) < 4.78 is 59.1. The lowest BCUT2D eigenvalue weighted by Gasteiger charge is -2.43. The van der Waals surface area contributed by atoms with E-state index in [0.29, 0.717) is 48.1 Å². The summed E-state index contributed by atoms with van der Waals surface area (Å²) in [4.78, 5) is 184. The van der Waals surface area contributed by atoms with Gasteiger partial charge in [-0.1, -0.05) is 96.9 Å². The normalized spacial score (nSPS) is 19.9. The molecule has 2 atom stereocenters. The quantitative estimate of drug-likeness (QED) is 0.0171. The van der Waals surface area contributed by atoms with Gasteiger partial charge in [0.2, 0.25) is 12.2 Å². The van der Waals surface area contributed by atoms with Crippen LogP contribution >= 0.6 is 0 Å². The van der Waals surface area contributed by atoms with E-state index in [0.717, 1.165) is 160 Å². The molecule has 6 saturated heterocycles. The van der Waals surface area contributed by atoms with Crippen LogP contribution in [0.15, 0.2) is 133 Å². The summed E-state index contributed by atoms with van der Waals surface area (Å²) in [6.45, 7) is 12.5. The molecule has 15 amide bonds. The number of nitrogens with two attached hydrogens (primary N) is 1. The molecule has 12 fully saturated rings. The number of Topliss-reactive ketones (excluding diaryl/α,β-unsaturated/α-hetero) is 1. The van der Waals surface area contributed by atoms with E-state index in [2.05, 4.69) is 31.9 Å². The van der Waals surface area contributed by atoms with Gasteiger partial charge in [-0.3, -0.25) is 82.4 Å². The van der Waals surface area contributed by atoms with E-state index in [4.69, 9.17) is 15.6 Å². The number of anilines is 8. The molecule has 750 valence electrons. The fourth-order valence-electron chi connectivity index (χ4n) is 19.4. The molecule has 0 unspecified atom stereocenters. The second-order valence-corrected chi connectivity index (χ2v) is 38.5. The van der Waals surface area contributed by atoms with Gasteiger partial charge in [-0.25, -0.2) is 32.8 Å². The number of carbonyl (C=O) groups excluding carboxylic acids is 13. The van der Waals surface area contributed by atoms with Crippen molar-refractivity contribution in [2.24, 2.45) is 11.8 Å². The predicted molar refractivity (Wildman–Crippen MR) is 521 cm³/mol. The Morgan fingerprint density at radius 3 is 0.986 bits per heavy atom. The van der Waals surface area contributed by atoms with Gasteiger partial charge in [0.1, 0.15) is 51.7 Å². The highest BCUT2D eigenvalue weighted by atomic mass is 19.4.